The first kappa shape index (κ1) is 16.8. The first-order valence-electron chi connectivity index (χ1n) is 7.16. The average molecular weight is 351 g/mol. The van der Waals surface area contributed by atoms with E-state index >= 15 is 0 Å². The summed E-state index contributed by atoms with van der Waals surface area (Å²) in [4.78, 5) is 26.0. The molecular formula is C15H12F3N5O2. The fraction of sp³-hybridized carbons (Fsp3) is 0.267. The van der Waals surface area contributed by atoms with Gasteiger partial charge in [0.2, 0.25) is 11.7 Å². The zero-order valence-electron chi connectivity index (χ0n) is 13.2. The summed E-state index contributed by atoms with van der Waals surface area (Å²) in [6.07, 6.45) is -3.52. The lowest BCUT2D eigenvalue weighted by Gasteiger charge is -2.05. The van der Waals surface area contributed by atoms with E-state index in [1.165, 1.54) is 6.07 Å². The highest BCUT2D eigenvalue weighted by molar-refractivity contribution is 5.54. The number of rotatable bonds is 3. The van der Waals surface area contributed by atoms with E-state index in [-0.39, 0.29) is 29.3 Å². The number of alkyl halides is 3. The molecule has 0 aromatic carbocycles. The van der Waals surface area contributed by atoms with Gasteiger partial charge in [-0.05, 0) is 26.0 Å². The van der Waals surface area contributed by atoms with E-state index in [2.05, 4.69) is 25.1 Å². The van der Waals surface area contributed by atoms with Gasteiger partial charge >= 0.3 is 6.18 Å². The van der Waals surface area contributed by atoms with E-state index in [1.54, 1.807) is 13.8 Å². The predicted octanol–water partition coefficient (Wildman–Crippen LogP) is 2.44. The van der Waals surface area contributed by atoms with Crippen LogP contribution < -0.4 is 5.56 Å². The molecule has 0 bridgehead atoms. The van der Waals surface area contributed by atoms with Crippen molar-refractivity contribution < 1.29 is 17.7 Å². The van der Waals surface area contributed by atoms with Gasteiger partial charge in [-0.25, -0.2) is 4.98 Å². The SMILES string of the molecule is Cc1nc(C)c(Cc2nc(-c3ccnc(C(F)(F)F)c3)no2)c(=O)[nH]1. The van der Waals surface area contributed by atoms with Crippen LogP contribution in [-0.2, 0) is 12.6 Å². The maximum absolute atomic E-state index is 12.7. The fourth-order valence-corrected chi connectivity index (χ4v) is 2.28. The van der Waals surface area contributed by atoms with Gasteiger partial charge in [-0.3, -0.25) is 9.78 Å². The number of aromatic nitrogens is 5. The summed E-state index contributed by atoms with van der Waals surface area (Å²) in [5.74, 6) is 0.561. The molecule has 7 nitrogen and oxygen atoms in total. The lowest BCUT2D eigenvalue weighted by atomic mass is 10.1. The van der Waals surface area contributed by atoms with Gasteiger partial charge in [0.05, 0.1) is 6.42 Å². The number of hydrogen-bond acceptors (Lipinski definition) is 6. The van der Waals surface area contributed by atoms with Crippen molar-refractivity contribution in [2.75, 3.05) is 0 Å². The van der Waals surface area contributed by atoms with Gasteiger partial charge in [0.1, 0.15) is 11.5 Å². The third-order valence-electron chi connectivity index (χ3n) is 3.45. The Morgan fingerprint density at radius 2 is 2.00 bits per heavy atom. The van der Waals surface area contributed by atoms with Crippen molar-refractivity contribution in [1.82, 2.24) is 25.1 Å². The first-order valence-corrected chi connectivity index (χ1v) is 7.16. The fourth-order valence-electron chi connectivity index (χ4n) is 2.28. The topological polar surface area (TPSA) is 97.6 Å². The van der Waals surface area contributed by atoms with Gasteiger partial charge in [0.25, 0.3) is 5.56 Å². The van der Waals surface area contributed by atoms with E-state index in [0.29, 0.717) is 17.1 Å². The van der Waals surface area contributed by atoms with Crippen molar-refractivity contribution in [3.8, 4) is 11.4 Å². The Kier molecular flexibility index (Phi) is 4.11. The van der Waals surface area contributed by atoms with Crippen molar-refractivity contribution in [1.29, 1.82) is 0 Å². The van der Waals surface area contributed by atoms with Crippen molar-refractivity contribution >= 4 is 0 Å². The summed E-state index contributed by atoms with van der Waals surface area (Å²) in [5, 5.41) is 3.67. The van der Waals surface area contributed by atoms with Crippen LogP contribution in [0.4, 0.5) is 13.2 Å². The van der Waals surface area contributed by atoms with Crippen LogP contribution in [-0.4, -0.2) is 25.1 Å². The Labute approximate surface area is 139 Å². The molecule has 25 heavy (non-hydrogen) atoms. The minimum atomic E-state index is -4.57. The van der Waals surface area contributed by atoms with Crippen LogP contribution in [0, 0.1) is 13.8 Å². The Bertz CT molecular complexity index is 978. The molecule has 0 unspecified atom stereocenters. The summed E-state index contributed by atoms with van der Waals surface area (Å²) >= 11 is 0. The Morgan fingerprint density at radius 3 is 2.68 bits per heavy atom. The maximum Gasteiger partial charge on any atom is 0.433 e. The monoisotopic (exact) mass is 351 g/mol. The lowest BCUT2D eigenvalue weighted by molar-refractivity contribution is -0.141. The van der Waals surface area contributed by atoms with Crippen LogP contribution in [0.25, 0.3) is 11.4 Å². The predicted molar refractivity (Wildman–Crippen MR) is 79.7 cm³/mol. The summed E-state index contributed by atoms with van der Waals surface area (Å²) in [6, 6.07) is 2.18. The van der Waals surface area contributed by atoms with Gasteiger partial charge in [0, 0.05) is 23.0 Å². The van der Waals surface area contributed by atoms with Gasteiger partial charge < -0.3 is 9.51 Å². The molecule has 10 heteroatoms. The molecule has 0 amide bonds. The molecule has 130 valence electrons. The van der Waals surface area contributed by atoms with Crippen LogP contribution in [0.15, 0.2) is 27.6 Å². The highest BCUT2D eigenvalue weighted by Gasteiger charge is 2.32. The summed E-state index contributed by atoms with van der Waals surface area (Å²) in [5.41, 5.74) is -0.389. The minimum Gasteiger partial charge on any atom is -0.339 e. The van der Waals surface area contributed by atoms with E-state index in [9.17, 15) is 18.0 Å². The highest BCUT2D eigenvalue weighted by atomic mass is 19.4. The molecule has 0 aliphatic heterocycles. The molecule has 0 atom stereocenters. The number of aromatic amines is 1. The van der Waals surface area contributed by atoms with E-state index < -0.39 is 11.9 Å². The normalized spacial score (nSPS) is 11.7. The Hall–Kier alpha value is -3.04. The zero-order chi connectivity index (χ0) is 18.2. The quantitative estimate of drug-likeness (QED) is 0.778. The van der Waals surface area contributed by atoms with Crippen LogP contribution in [0.2, 0.25) is 0 Å². The van der Waals surface area contributed by atoms with Gasteiger partial charge in [-0.15, -0.1) is 0 Å². The second kappa shape index (κ2) is 6.11. The average Bonchev–Trinajstić information content (AvgIpc) is 2.99. The second-order valence-electron chi connectivity index (χ2n) is 5.33. The molecule has 0 fully saturated rings. The second-order valence-corrected chi connectivity index (χ2v) is 5.33. The van der Waals surface area contributed by atoms with Gasteiger partial charge in [-0.1, -0.05) is 5.16 Å². The number of pyridine rings is 1. The number of hydrogen-bond donors (Lipinski definition) is 1. The Morgan fingerprint density at radius 1 is 1.24 bits per heavy atom. The molecule has 0 saturated heterocycles. The third kappa shape index (κ3) is 3.57. The molecule has 0 aliphatic rings. The molecule has 3 heterocycles. The third-order valence-corrected chi connectivity index (χ3v) is 3.45. The molecule has 0 aliphatic carbocycles. The number of aryl methyl sites for hydroxylation is 2. The molecule has 0 spiro atoms. The zero-order valence-corrected chi connectivity index (χ0v) is 13.2. The van der Waals surface area contributed by atoms with Crippen molar-refractivity contribution in [2.24, 2.45) is 0 Å². The molecule has 1 N–H and O–H groups in total. The molecular weight excluding hydrogens is 339 g/mol. The number of nitrogens with zero attached hydrogens (tertiary/aromatic N) is 4. The van der Waals surface area contributed by atoms with Crippen molar-refractivity contribution in [3.05, 3.63) is 57.3 Å². The van der Waals surface area contributed by atoms with Crippen LogP contribution in [0.1, 0.15) is 28.7 Å². The van der Waals surface area contributed by atoms with Crippen LogP contribution in [0.5, 0.6) is 0 Å². The van der Waals surface area contributed by atoms with Crippen molar-refractivity contribution in [2.45, 2.75) is 26.4 Å². The standard InChI is InChI=1S/C15H12F3N5O2/c1-7-10(14(24)21-8(2)20-7)6-12-22-13(23-25-12)9-3-4-19-11(5-9)15(16,17)18/h3-5H,6H2,1-2H3,(H,20,21,24). The number of H-pyrrole nitrogens is 1. The summed E-state index contributed by atoms with van der Waals surface area (Å²) < 4.78 is 43.2. The first-order chi connectivity index (χ1) is 11.7. The minimum absolute atomic E-state index is 0.0166. The summed E-state index contributed by atoms with van der Waals surface area (Å²) in [7, 11) is 0. The van der Waals surface area contributed by atoms with E-state index in [0.717, 1.165) is 12.3 Å². The lowest BCUT2D eigenvalue weighted by Crippen LogP contribution is -2.18. The van der Waals surface area contributed by atoms with E-state index in [1.807, 2.05) is 0 Å². The summed E-state index contributed by atoms with van der Waals surface area (Å²) in [6.45, 7) is 3.33. The maximum atomic E-state index is 12.7. The van der Waals surface area contributed by atoms with Gasteiger partial charge in [-0.2, -0.15) is 18.2 Å². The number of nitrogens with one attached hydrogen (secondary N) is 1. The number of halogens is 3. The Balaban J connectivity index is 1.90. The van der Waals surface area contributed by atoms with Gasteiger partial charge in [0.15, 0.2) is 0 Å². The van der Waals surface area contributed by atoms with Crippen LogP contribution in [0.3, 0.4) is 0 Å². The molecule has 3 rings (SSSR count). The van der Waals surface area contributed by atoms with Crippen molar-refractivity contribution in [3.63, 3.8) is 0 Å². The largest absolute Gasteiger partial charge is 0.433 e. The molecule has 3 aromatic rings. The molecule has 3 aromatic heterocycles. The van der Waals surface area contributed by atoms with E-state index in [4.69, 9.17) is 4.52 Å². The van der Waals surface area contributed by atoms with Crippen LogP contribution >= 0.6 is 0 Å². The molecule has 0 saturated carbocycles. The highest BCUT2D eigenvalue weighted by Crippen LogP contribution is 2.29. The molecule has 0 radical (unpaired) electrons. The smallest absolute Gasteiger partial charge is 0.339 e.